The van der Waals surface area contributed by atoms with Crippen LogP contribution in [0.25, 0.3) is 0 Å². The zero-order valence-electron chi connectivity index (χ0n) is 23.7. The molecule has 1 aliphatic rings. The molecule has 0 aliphatic carbocycles. The number of aromatic hydroxyl groups is 1. The number of phenols is 1. The minimum Gasteiger partial charge on any atom is -0.508 e. The highest BCUT2D eigenvalue weighted by atomic mass is 16.6. The summed E-state index contributed by atoms with van der Waals surface area (Å²) >= 11 is 0. The first-order chi connectivity index (χ1) is 19.6. The number of ether oxygens (including phenoxy) is 1. The summed E-state index contributed by atoms with van der Waals surface area (Å²) in [5.74, 6) is -0.504. The summed E-state index contributed by atoms with van der Waals surface area (Å²) in [7, 11) is 0. The van der Waals surface area contributed by atoms with Crippen LogP contribution in [0.2, 0.25) is 0 Å². The number of rotatable bonds is 9. The van der Waals surface area contributed by atoms with Crippen molar-refractivity contribution in [1.82, 2.24) is 20.5 Å². The number of benzene rings is 2. The van der Waals surface area contributed by atoms with E-state index in [9.17, 15) is 19.5 Å². The molecule has 4 rings (SSSR count). The fourth-order valence-electron chi connectivity index (χ4n) is 4.95. The summed E-state index contributed by atoms with van der Waals surface area (Å²) in [6, 6.07) is 19.9. The molecule has 1 fully saturated rings. The lowest BCUT2D eigenvalue weighted by molar-refractivity contribution is -0.140. The van der Waals surface area contributed by atoms with E-state index in [2.05, 4.69) is 15.6 Å². The van der Waals surface area contributed by atoms with Crippen LogP contribution >= 0.6 is 0 Å². The summed E-state index contributed by atoms with van der Waals surface area (Å²) in [5, 5.41) is 15.6. The third-order valence-electron chi connectivity index (χ3n) is 6.86. The van der Waals surface area contributed by atoms with E-state index in [1.54, 1.807) is 44.0 Å². The van der Waals surface area contributed by atoms with Crippen molar-refractivity contribution in [2.75, 3.05) is 6.54 Å². The van der Waals surface area contributed by atoms with E-state index in [-0.39, 0.29) is 30.0 Å². The second-order valence-corrected chi connectivity index (χ2v) is 11.3. The van der Waals surface area contributed by atoms with Crippen LogP contribution in [0.4, 0.5) is 4.79 Å². The number of hydrogen-bond acceptors (Lipinski definition) is 6. The molecule has 3 amide bonds. The smallest absolute Gasteiger partial charge is 0.408 e. The number of amides is 3. The second kappa shape index (κ2) is 13.3. The standard InChI is InChI=1S/C32H38N4O5/c1-32(2,3)41-31(40)35-27(20-22-14-16-25(37)17-15-22)30(39)36-19-9-13-28(36)29(38)34-26(23-10-5-4-6-11-23)21-24-12-7-8-18-33-24/h4-8,10-12,14-18,26-28,37H,9,13,19-21H2,1-3H3,(H,34,38)(H,35,40). The highest BCUT2D eigenvalue weighted by Gasteiger charge is 2.39. The number of carbonyl (C=O) groups is 3. The van der Waals surface area contributed by atoms with Gasteiger partial charge in [-0.05, 0) is 69.0 Å². The molecule has 0 bridgehead atoms. The van der Waals surface area contributed by atoms with Crippen LogP contribution < -0.4 is 10.6 Å². The summed E-state index contributed by atoms with van der Waals surface area (Å²) in [6.45, 7) is 5.64. The maximum atomic E-state index is 13.9. The number of phenolic OH excluding ortho intramolecular Hbond substituents is 1. The number of alkyl carbamates (subject to hydrolysis) is 1. The van der Waals surface area contributed by atoms with E-state index < -0.39 is 23.8 Å². The minimum atomic E-state index is -0.957. The molecule has 3 unspecified atom stereocenters. The van der Waals surface area contributed by atoms with E-state index in [0.717, 1.165) is 16.8 Å². The third kappa shape index (κ3) is 8.54. The SMILES string of the molecule is CC(C)(C)OC(=O)NC(Cc1ccc(O)cc1)C(=O)N1CCCC1C(=O)NC(Cc1ccccn1)c1ccccc1. The quantitative estimate of drug-likeness (QED) is 0.360. The topological polar surface area (TPSA) is 121 Å². The molecular weight excluding hydrogens is 520 g/mol. The zero-order chi connectivity index (χ0) is 29.4. The monoisotopic (exact) mass is 558 g/mol. The second-order valence-electron chi connectivity index (χ2n) is 11.3. The van der Waals surface area contributed by atoms with Crippen molar-refractivity contribution >= 4 is 17.9 Å². The molecular formula is C32H38N4O5. The van der Waals surface area contributed by atoms with E-state index in [0.29, 0.717) is 25.8 Å². The lowest BCUT2D eigenvalue weighted by Crippen LogP contribution is -2.55. The fraction of sp³-hybridized carbons (Fsp3) is 0.375. The first-order valence-electron chi connectivity index (χ1n) is 13.9. The van der Waals surface area contributed by atoms with Crippen molar-refractivity contribution in [3.05, 3.63) is 95.8 Å². The van der Waals surface area contributed by atoms with Gasteiger partial charge >= 0.3 is 6.09 Å². The first kappa shape index (κ1) is 29.6. The number of nitrogens with zero attached hydrogens (tertiary/aromatic N) is 2. The summed E-state index contributed by atoms with van der Waals surface area (Å²) in [4.78, 5) is 46.3. The minimum absolute atomic E-state index is 0.103. The van der Waals surface area contributed by atoms with Gasteiger partial charge in [0.1, 0.15) is 23.4 Å². The van der Waals surface area contributed by atoms with E-state index in [1.165, 1.54) is 12.1 Å². The van der Waals surface area contributed by atoms with Crippen LogP contribution in [-0.2, 0) is 27.2 Å². The molecule has 216 valence electrons. The number of carbonyl (C=O) groups excluding carboxylic acids is 3. The van der Waals surface area contributed by atoms with E-state index >= 15 is 0 Å². The number of nitrogens with one attached hydrogen (secondary N) is 2. The Balaban J connectivity index is 1.53. The van der Waals surface area contributed by atoms with Gasteiger partial charge in [-0.2, -0.15) is 0 Å². The van der Waals surface area contributed by atoms with Gasteiger partial charge in [0, 0.05) is 31.3 Å². The number of pyridine rings is 1. The lowest BCUT2D eigenvalue weighted by atomic mass is 10.0. The highest BCUT2D eigenvalue weighted by molar-refractivity contribution is 5.92. The zero-order valence-corrected chi connectivity index (χ0v) is 23.7. The third-order valence-corrected chi connectivity index (χ3v) is 6.86. The Morgan fingerprint density at radius 2 is 1.68 bits per heavy atom. The summed E-state index contributed by atoms with van der Waals surface area (Å²) < 4.78 is 5.42. The van der Waals surface area contributed by atoms with Crippen molar-refractivity contribution in [3.8, 4) is 5.75 Å². The van der Waals surface area contributed by atoms with Gasteiger partial charge in [-0.1, -0.05) is 48.5 Å². The number of hydrogen-bond donors (Lipinski definition) is 3. The lowest BCUT2D eigenvalue weighted by Gasteiger charge is -2.30. The molecule has 41 heavy (non-hydrogen) atoms. The van der Waals surface area contributed by atoms with Crippen molar-refractivity contribution in [1.29, 1.82) is 0 Å². The molecule has 0 radical (unpaired) electrons. The van der Waals surface area contributed by atoms with Crippen LogP contribution in [0.15, 0.2) is 79.0 Å². The average molecular weight is 559 g/mol. The van der Waals surface area contributed by atoms with Crippen LogP contribution in [0.5, 0.6) is 5.75 Å². The molecule has 3 atom stereocenters. The molecule has 1 aliphatic heterocycles. The predicted octanol–water partition coefficient (Wildman–Crippen LogP) is 4.31. The first-order valence-corrected chi connectivity index (χ1v) is 13.9. The average Bonchev–Trinajstić information content (AvgIpc) is 3.43. The van der Waals surface area contributed by atoms with Gasteiger partial charge in [0.05, 0.1) is 6.04 Å². The van der Waals surface area contributed by atoms with E-state index in [1.807, 2.05) is 48.5 Å². The Hall–Kier alpha value is -4.40. The maximum absolute atomic E-state index is 13.9. The molecule has 0 spiro atoms. The Morgan fingerprint density at radius 1 is 0.976 bits per heavy atom. The Morgan fingerprint density at radius 3 is 2.34 bits per heavy atom. The number of likely N-dealkylation sites (tertiary alicyclic amines) is 1. The molecule has 1 saturated heterocycles. The molecule has 2 aromatic carbocycles. The van der Waals surface area contributed by atoms with Gasteiger partial charge in [0.25, 0.3) is 0 Å². The van der Waals surface area contributed by atoms with Crippen molar-refractivity contribution in [2.24, 2.45) is 0 Å². The van der Waals surface area contributed by atoms with Gasteiger partial charge in [0.2, 0.25) is 11.8 Å². The molecule has 9 heteroatoms. The summed E-state index contributed by atoms with van der Waals surface area (Å²) in [6.07, 6.45) is 2.87. The Bertz CT molecular complexity index is 1310. The molecule has 9 nitrogen and oxygen atoms in total. The molecule has 2 heterocycles. The van der Waals surface area contributed by atoms with Crippen molar-refractivity contribution in [3.63, 3.8) is 0 Å². The van der Waals surface area contributed by atoms with Crippen molar-refractivity contribution in [2.45, 2.75) is 70.2 Å². The normalized spacial score (nSPS) is 16.5. The van der Waals surface area contributed by atoms with Gasteiger partial charge in [-0.25, -0.2) is 4.79 Å². The Labute approximate surface area is 240 Å². The van der Waals surface area contributed by atoms with Gasteiger partial charge < -0.3 is 25.4 Å². The molecule has 0 saturated carbocycles. The summed E-state index contributed by atoms with van der Waals surface area (Å²) in [5.41, 5.74) is 1.79. The largest absolute Gasteiger partial charge is 0.508 e. The van der Waals surface area contributed by atoms with Gasteiger partial charge in [-0.15, -0.1) is 0 Å². The highest BCUT2D eigenvalue weighted by Crippen LogP contribution is 2.23. The van der Waals surface area contributed by atoms with Crippen LogP contribution in [-0.4, -0.2) is 57.1 Å². The van der Waals surface area contributed by atoms with E-state index in [4.69, 9.17) is 4.74 Å². The molecule has 1 aromatic heterocycles. The molecule has 3 aromatic rings. The molecule has 3 N–H and O–H groups in total. The van der Waals surface area contributed by atoms with Gasteiger partial charge in [0.15, 0.2) is 0 Å². The van der Waals surface area contributed by atoms with Crippen LogP contribution in [0.3, 0.4) is 0 Å². The van der Waals surface area contributed by atoms with Crippen LogP contribution in [0.1, 0.15) is 56.5 Å². The van der Waals surface area contributed by atoms with Crippen molar-refractivity contribution < 1.29 is 24.2 Å². The number of aromatic nitrogens is 1. The predicted molar refractivity (Wildman–Crippen MR) is 155 cm³/mol. The fourth-order valence-corrected chi connectivity index (χ4v) is 4.95. The van der Waals surface area contributed by atoms with Gasteiger partial charge in [-0.3, -0.25) is 14.6 Å². The Kier molecular flexibility index (Phi) is 9.60. The van der Waals surface area contributed by atoms with Crippen LogP contribution in [0, 0.1) is 0 Å². The maximum Gasteiger partial charge on any atom is 0.408 e.